The lowest BCUT2D eigenvalue weighted by Gasteiger charge is -2.02. The lowest BCUT2D eigenvalue weighted by Crippen LogP contribution is -2.25. The van der Waals surface area contributed by atoms with Crippen molar-refractivity contribution in [1.29, 1.82) is 0 Å². The van der Waals surface area contributed by atoms with E-state index in [2.05, 4.69) is 5.10 Å². The number of nitrogens with zero attached hydrogens (tertiary/aromatic N) is 1. The molecule has 0 saturated carbocycles. The molecule has 0 aliphatic carbocycles. The molecule has 0 radical (unpaired) electrons. The first-order valence-corrected chi connectivity index (χ1v) is 3.46. The number of hydrazone groups is 1. The van der Waals surface area contributed by atoms with Gasteiger partial charge in [0.05, 0.1) is 5.55 Å². The molecule has 0 fully saturated rings. The van der Waals surface area contributed by atoms with Gasteiger partial charge in [0, 0.05) is 6.54 Å². The molecule has 0 rings (SSSR count). The number of hydrogen-bond acceptors (Lipinski definition) is 5. The van der Waals surface area contributed by atoms with Crippen molar-refractivity contribution in [2.45, 2.75) is 5.25 Å². The van der Waals surface area contributed by atoms with Crippen LogP contribution in [0.1, 0.15) is 0 Å². The van der Waals surface area contributed by atoms with Crippen LogP contribution < -0.4 is 11.6 Å². The third-order valence-electron chi connectivity index (χ3n) is 0.775. The van der Waals surface area contributed by atoms with E-state index < -0.39 is 11.2 Å². The lowest BCUT2D eigenvalue weighted by molar-refractivity contribution is -0.136. The zero-order chi connectivity index (χ0) is 7.98. The van der Waals surface area contributed by atoms with Crippen molar-refractivity contribution in [3.63, 3.8) is 0 Å². The Balaban J connectivity index is 3.71. The quantitative estimate of drug-likeness (QED) is 0.214. The summed E-state index contributed by atoms with van der Waals surface area (Å²) in [6.45, 7) is 0.0754. The monoisotopic (exact) mass is 163 g/mol. The van der Waals surface area contributed by atoms with Gasteiger partial charge in [-0.2, -0.15) is 5.10 Å². The second-order valence-corrected chi connectivity index (χ2v) is 2.51. The Bertz CT molecular complexity index is 138. The van der Waals surface area contributed by atoms with E-state index in [1.54, 1.807) is 0 Å². The lowest BCUT2D eigenvalue weighted by atomic mass is 10.4. The van der Waals surface area contributed by atoms with Gasteiger partial charge in [0.2, 0.25) is 0 Å². The van der Waals surface area contributed by atoms with E-state index in [4.69, 9.17) is 16.7 Å². The van der Waals surface area contributed by atoms with Crippen LogP contribution in [0.2, 0.25) is 0 Å². The summed E-state index contributed by atoms with van der Waals surface area (Å²) in [6, 6.07) is 0. The van der Waals surface area contributed by atoms with E-state index in [1.165, 1.54) is 5.55 Å². The van der Waals surface area contributed by atoms with Crippen LogP contribution in [0.25, 0.3) is 0 Å². The summed E-state index contributed by atoms with van der Waals surface area (Å²) in [5.74, 6) is 3.80. The van der Waals surface area contributed by atoms with Crippen LogP contribution in [0.3, 0.4) is 0 Å². The van der Waals surface area contributed by atoms with Gasteiger partial charge in [-0.25, -0.2) is 0 Å². The van der Waals surface area contributed by atoms with Crippen molar-refractivity contribution in [2.24, 2.45) is 16.7 Å². The van der Waals surface area contributed by atoms with Crippen molar-refractivity contribution in [1.82, 2.24) is 0 Å². The van der Waals surface area contributed by atoms with E-state index in [0.29, 0.717) is 0 Å². The Morgan fingerprint density at radius 1 is 1.90 bits per heavy atom. The number of rotatable bonds is 4. The number of thioether (sulfide) groups is 1. The highest BCUT2D eigenvalue weighted by molar-refractivity contribution is 8.13. The second-order valence-electron chi connectivity index (χ2n) is 1.45. The number of hydrogen-bond donors (Lipinski definition) is 3. The predicted molar refractivity (Wildman–Crippen MR) is 40.7 cm³/mol. The fourth-order valence-corrected chi connectivity index (χ4v) is 0.768. The summed E-state index contributed by atoms with van der Waals surface area (Å²) in [6.07, 6.45) is 0. The summed E-state index contributed by atoms with van der Waals surface area (Å²) in [5.41, 5.74) is 6.37. The summed E-state index contributed by atoms with van der Waals surface area (Å²) in [7, 11) is 0. The maximum Gasteiger partial charge on any atom is 0.318 e. The first-order chi connectivity index (χ1) is 4.72. The Labute approximate surface area is 62.5 Å². The molecule has 1 unspecified atom stereocenters. The van der Waals surface area contributed by atoms with Crippen LogP contribution in [0, 0.1) is 0 Å². The SMILES string of the molecule is NCC(SC=NN)C(=O)O. The molecule has 5 N–H and O–H groups in total. The van der Waals surface area contributed by atoms with Crippen LogP contribution >= 0.6 is 11.8 Å². The van der Waals surface area contributed by atoms with Crippen molar-refractivity contribution >= 4 is 23.3 Å². The zero-order valence-electron chi connectivity index (χ0n) is 5.23. The highest BCUT2D eigenvalue weighted by atomic mass is 32.2. The van der Waals surface area contributed by atoms with Gasteiger partial charge in [0.15, 0.2) is 0 Å². The summed E-state index contributed by atoms with van der Waals surface area (Å²) >= 11 is 0.988. The van der Waals surface area contributed by atoms with Crippen LogP contribution in [0.4, 0.5) is 0 Å². The van der Waals surface area contributed by atoms with Gasteiger partial charge in [-0.05, 0) is 0 Å². The number of carbonyl (C=O) groups is 1. The first kappa shape index (κ1) is 9.25. The summed E-state index contributed by atoms with van der Waals surface area (Å²) in [4.78, 5) is 10.2. The molecule has 0 spiro atoms. The third kappa shape index (κ3) is 3.31. The van der Waals surface area contributed by atoms with Crippen LogP contribution in [0.5, 0.6) is 0 Å². The smallest absolute Gasteiger partial charge is 0.318 e. The molecule has 6 heteroatoms. The molecular formula is C4H9N3O2S. The molecule has 0 aromatic rings. The van der Waals surface area contributed by atoms with Crippen molar-refractivity contribution in [3.05, 3.63) is 0 Å². The van der Waals surface area contributed by atoms with Gasteiger partial charge in [0.25, 0.3) is 0 Å². The van der Waals surface area contributed by atoms with E-state index in [9.17, 15) is 4.79 Å². The molecule has 0 saturated heterocycles. The molecule has 58 valence electrons. The largest absolute Gasteiger partial charge is 0.480 e. The number of nitrogens with two attached hydrogens (primary N) is 2. The maximum absolute atomic E-state index is 10.2. The van der Waals surface area contributed by atoms with Crippen LogP contribution in [0.15, 0.2) is 5.10 Å². The number of carboxylic acid groups (broad SMARTS) is 1. The van der Waals surface area contributed by atoms with Crippen molar-refractivity contribution < 1.29 is 9.90 Å². The average Bonchev–Trinajstić information content (AvgIpc) is 1.89. The van der Waals surface area contributed by atoms with Gasteiger partial charge in [-0.1, -0.05) is 11.8 Å². The summed E-state index contributed by atoms with van der Waals surface area (Å²) < 4.78 is 0. The Morgan fingerprint density at radius 3 is 2.80 bits per heavy atom. The Hall–Kier alpha value is -0.750. The van der Waals surface area contributed by atoms with Crippen LogP contribution in [-0.4, -0.2) is 28.4 Å². The molecule has 10 heavy (non-hydrogen) atoms. The van der Waals surface area contributed by atoms with Gasteiger partial charge in [-0.3, -0.25) is 4.79 Å². The molecule has 0 heterocycles. The highest BCUT2D eigenvalue weighted by Crippen LogP contribution is 2.04. The van der Waals surface area contributed by atoms with Gasteiger partial charge < -0.3 is 16.7 Å². The highest BCUT2D eigenvalue weighted by Gasteiger charge is 2.13. The average molecular weight is 163 g/mol. The molecule has 0 aromatic carbocycles. The van der Waals surface area contributed by atoms with E-state index in [1.807, 2.05) is 0 Å². The minimum atomic E-state index is -0.951. The van der Waals surface area contributed by atoms with Gasteiger partial charge in [0.1, 0.15) is 5.25 Å². The third-order valence-corrected chi connectivity index (χ3v) is 1.74. The molecule has 5 nitrogen and oxygen atoms in total. The molecule has 0 aromatic heterocycles. The molecule has 0 aliphatic rings. The van der Waals surface area contributed by atoms with Gasteiger partial charge >= 0.3 is 5.97 Å². The molecular weight excluding hydrogens is 154 g/mol. The fourth-order valence-electron chi connectivity index (χ4n) is 0.323. The first-order valence-electron chi connectivity index (χ1n) is 2.52. The summed E-state index contributed by atoms with van der Waals surface area (Å²) in [5, 5.41) is 10.9. The number of carboxylic acids is 1. The fraction of sp³-hybridized carbons (Fsp3) is 0.500. The molecule has 0 aliphatic heterocycles. The second kappa shape index (κ2) is 5.07. The molecule has 1 atom stereocenters. The predicted octanol–water partition coefficient (Wildman–Crippen LogP) is -0.967. The number of aliphatic carboxylic acids is 1. The van der Waals surface area contributed by atoms with Crippen LogP contribution in [-0.2, 0) is 4.79 Å². The van der Waals surface area contributed by atoms with E-state index in [-0.39, 0.29) is 6.54 Å². The van der Waals surface area contributed by atoms with Crippen molar-refractivity contribution in [2.75, 3.05) is 6.54 Å². The zero-order valence-corrected chi connectivity index (χ0v) is 6.04. The topological polar surface area (TPSA) is 102 Å². The Morgan fingerprint density at radius 2 is 2.50 bits per heavy atom. The Kier molecular flexibility index (Phi) is 4.69. The van der Waals surface area contributed by atoms with E-state index >= 15 is 0 Å². The molecule has 0 amide bonds. The minimum absolute atomic E-state index is 0.0754. The van der Waals surface area contributed by atoms with Crippen molar-refractivity contribution in [3.8, 4) is 0 Å². The molecule has 0 bridgehead atoms. The minimum Gasteiger partial charge on any atom is -0.480 e. The normalized spacial score (nSPS) is 13.7. The van der Waals surface area contributed by atoms with Gasteiger partial charge in [-0.15, -0.1) is 0 Å². The standard InChI is InChI=1S/C4H9N3O2S/c5-1-3(4(8)9)10-2-7-6/h2-3H,1,5-6H2,(H,8,9). The van der Waals surface area contributed by atoms with E-state index in [0.717, 1.165) is 11.8 Å². The maximum atomic E-state index is 10.2.